The number of fused-ring (bicyclic) bond motifs is 1. The number of hydrogen-bond acceptors (Lipinski definition) is 4. The summed E-state index contributed by atoms with van der Waals surface area (Å²) in [6, 6.07) is 2.20. The maximum atomic E-state index is 5.85. The van der Waals surface area contributed by atoms with Crippen LogP contribution in [0.2, 0.25) is 0 Å². The zero-order valence-electron chi connectivity index (χ0n) is 7.66. The molecule has 0 fully saturated rings. The van der Waals surface area contributed by atoms with Gasteiger partial charge in [-0.1, -0.05) is 0 Å². The maximum Gasteiger partial charge on any atom is 0.233 e. The van der Waals surface area contributed by atoms with Crippen molar-refractivity contribution in [2.24, 2.45) is 5.73 Å². The van der Waals surface area contributed by atoms with Gasteiger partial charge < -0.3 is 10.5 Å². The van der Waals surface area contributed by atoms with E-state index in [-0.39, 0.29) is 6.04 Å². The topological polar surface area (TPSA) is 61.0 Å². The van der Waals surface area contributed by atoms with Crippen molar-refractivity contribution in [3.8, 4) is 5.88 Å². The number of aryl methyl sites for hydroxylation is 1. The van der Waals surface area contributed by atoms with E-state index in [1.807, 2.05) is 6.07 Å². The Morgan fingerprint density at radius 3 is 3.15 bits per heavy atom. The monoisotopic (exact) mass is 179 g/mol. The van der Waals surface area contributed by atoms with Crippen LogP contribution in [0.15, 0.2) is 6.07 Å². The largest absolute Gasteiger partial charge is 0.480 e. The van der Waals surface area contributed by atoms with Crippen LogP contribution < -0.4 is 10.5 Å². The predicted molar refractivity (Wildman–Crippen MR) is 48.6 cm³/mol. The number of rotatable bonds is 1. The fraction of sp³-hybridized carbons (Fsp3) is 0.556. The molecule has 70 valence electrons. The highest BCUT2D eigenvalue weighted by molar-refractivity contribution is 5.27. The first-order chi connectivity index (χ1) is 6.29. The average Bonchev–Trinajstić information content (AvgIpc) is 2.16. The first kappa shape index (κ1) is 8.44. The van der Waals surface area contributed by atoms with Crippen LogP contribution in [0, 0.1) is 0 Å². The third-order valence-electron chi connectivity index (χ3n) is 2.38. The molecular weight excluding hydrogens is 166 g/mol. The van der Waals surface area contributed by atoms with Gasteiger partial charge in [0.05, 0.1) is 12.8 Å². The molecule has 0 radical (unpaired) electrons. The van der Waals surface area contributed by atoms with Crippen molar-refractivity contribution in [3.63, 3.8) is 0 Å². The van der Waals surface area contributed by atoms with Crippen LogP contribution in [-0.2, 0) is 12.8 Å². The minimum absolute atomic E-state index is 0.265. The van der Waals surface area contributed by atoms with E-state index in [0.717, 1.165) is 25.0 Å². The lowest BCUT2D eigenvalue weighted by Gasteiger charge is -2.19. The number of hydrogen-bond donors (Lipinski definition) is 1. The predicted octanol–water partition coefficient (Wildman–Crippen LogP) is 0.301. The minimum atomic E-state index is 0.265. The second-order valence-corrected chi connectivity index (χ2v) is 3.36. The minimum Gasteiger partial charge on any atom is -0.480 e. The molecule has 1 aromatic heterocycles. The van der Waals surface area contributed by atoms with E-state index in [2.05, 4.69) is 10.2 Å². The molecule has 1 aliphatic rings. The van der Waals surface area contributed by atoms with Crippen LogP contribution in [0.1, 0.15) is 17.7 Å². The molecule has 2 N–H and O–H groups in total. The standard InChI is InChI=1S/C9H13N3O/c1-13-9-5-6-4-7(10)2-3-8(6)11-12-9/h5,7H,2-4,10H2,1H3/t7-/m0/s1. The molecule has 1 aliphatic carbocycles. The van der Waals surface area contributed by atoms with E-state index in [0.29, 0.717) is 5.88 Å². The number of aromatic nitrogens is 2. The van der Waals surface area contributed by atoms with E-state index in [1.165, 1.54) is 5.56 Å². The second kappa shape index (κ2) is 3.30. The summed E-state index contributed by atoms with van der Waals surface area (Å²) < 4.78 is 5.00. The summed E-state index contributed by atoms with van der Waals surface area (Å²) in [5, 5.41) is 8.02. The van der Waals surface area contributed by atoms with Crippen molar-refractivity contribution in [2.45, 2.75) is 25.3 Å². The first-order valence-electron chi connectivity index (χ1n) is 4.44. The van der Waals surface area contributed by atoms with Gasteiger partial charge in [-0.05, 0) is 24.8 Å². The highest BCUT2D eigenvalue weighted by Crippen LogP contribution is 2.20. The summed E-state index contributed by atoms with van der Waals surface area (Å²) in [7, 11) is 1.60. The molecule has 4 nitrogen and oxygen atoms in total. The number of ether oxygens (including phenoxy) is 1. The van der Waals surface area contributed by atoms with Gasteiger partial charge in [0.15, 0.2) is 0 Å². The number of nitrogens with zero attached hydrogens (tertiary/aromatic N) is 2. The van der Waals surface area contributed by atoms with E-state index < -0.39 is 0 Å². The Kier molecular flexibility index (Phi) is 2.14. The zero-order chi connectivity index (χ0) is 9.26. The smallest absolute Gasteiger partial charge is 0.233 e. The molecule has 1 aromatic rings. The summed E-state index contributed by atoms with van der Waals surface area (Å²) in [4.78, 5) is 0. The van der Waals surface area contributed by atoms with Crippen molar-refractivity contribution in [2.75, 3.05) is 7.11 Å². The molecule has 0 aliphatic heterocycles. The Morgan fingerprint density at radius 1 is 1.54 bits per heavy atom. The third-order valence-corrected chi connectivity index (χ3v) is 2.38. The van der Waals surface area contributed by atoms with Gasteiger partial charge in [0, 0.05) is 12.1 Å². The molecular formula is C9H13N3O. The molecule has 0 spiro atoms. The summed E-state index contributed by atoms with van der Waals surface area (Å²) in [6.45, 7) is 0. The highest BCUT2D eigenvalue weighted by Gasteiger charge is 2.17. The first-order valence-corrected chi connectivity index (χ1v) is 4.44. The Bertz CT molecular complexity index is 314. The van der Waals surface area contributed by atoms with Gasteiger partial charge in [0.1, 0.15) is 0 Å². The van der Waals surface area contributed by atoms with Crippen LogP contribution in [0.4, 0.5) is 0 Å². The molecule has 0 bridgehead atoms. The molecule has 13 heavy (non-hydrogen) atoms. The Morgan fingerprint density at radius 2 is 2.38 bits per heavy atom. The molecule has 1 heterocycles. The van der Waals surface area contributed by atoms with E-state index in [9.17, 15) is 0 Å². The molecule has 1 atom stereocenters. The molecule has 2 rings (SSSR count). The van der Waals surface area contributed by atoms with Gasteiger partial charge in [-0.2, -0.15) is 5.10 Å². The van der Waals surface area contributed by atoms with Crippen LogP contribution >= 0.6 is 0 Å². The highest BCUT2D eigenvalue weighted by atomic mass is 16.5. The van der Waals surface area contributed by atoms with Gasteiger partial charge in [0.2, 0.25) is 5.88 Å². The SMILES string of the molecule is COc1cc2c(nn1)CC[C@H](N)C2. The summed E-state index contributed by atoms with van der Waals surface area (Å²) in [6.07, 6.45) is 2.84. The third kappa shape index (κ3) is 1.62. The fourth-order valence-electron chi connectivity index (χ4n) is 1.63. The van der Waals surface area contributed by atoms with Crippen LogP contribution in [0.25, 0.3) is 0 Å². The maximum absolute atomic E-state index is 5.85. The lowest BCUT2D eigenvalue weighted by Crippen LogP contribution is -2.28. The van der Waals surface area contributed by atoms with E-state index in [1.54, 1.807) is 7.11 Å². The second-order valence-electron chi connectivity index (χ2n) is 3.36. The Hall–Kier alpha value is -1.16. The normalized spacial score (nSPS) is 20.9. The van der Waals surface area contributed by atoms with E-state index >= 15 is 0 Å². The van der Waals surface area contributed by atoms with Crippen molar-refractivity contribution in [1.82, 2.24) is 10.2 Å². The van der Waals surface area contributed by atoms with Gasteiger partial charge >= 0.3 is 0 Å². The van der Waals surface area contributed by atoms with Gasteiger partial charge in [0.25, 0.3) is 0 Å². The van der Waals surface area contributed by atoms with Gasteiger partial charge in [-0.3, -0.25) is 0 Å². The van der Waals surface area contributed by atoms with Crippen molar-refractivity contribution >= 4 is 0 Å². The van der Waals surface area contributed by atoms with Gasteiger partial charge in [-0.25, -0.2) is 0 Å². The van der Waals surface area contributed by atoms with Crippen LogP contribution in [-0.4, -0.2) is 23.3 Å². The average molecular weight is 179 g/mol. The fourth-order valence-corrected chi connectivity index (χ4v) is 1.63. The molecule has 0 aromatic carbocycles. The summed E-state index contributed by atoms with van der Waals surface area (Å²) in [5.41, 5.74) is 8.11. The zero-order valence-corrected chi connectivity index (χ0v) is 7.66. The lowest BCUT2D eigenvalue weighted by molar-refractivity contribution is 0.388. The summed E-state index contributed by atoms with van der Waals surface area (Å²) >= 11 is 0. The Labute approximate surface area is 77.1 Å². The van der Waals surface area contributed by atoms with E-state index in [4.69, 9.17) is 10.5 Å². The van der Waals surface area contributed by atoms with Crippen molar-refractivity contribution in [3.05, 3.63) is 17.3 Å². The molecule has 0 amide bonds. The summed E-state index contributed by atoms with van der Waals surface area (Å²) in [5.74, 6) is 0.577. The van der Waals surface area contributed by atoms with Crippen LogP contribution in [0.5, 0.6) is 5.88 Å². The number of nitrogens with two attached hydrogens (primary N) is 1. The van der Waals surface area contributed by atoms with Gasteiger partial charge in [-0.15, -0.1) is 5.10 Å². The lowest BCUT2D eigenvalue weighted by atomic mass is 9.93. The number of methoxy groups -OCH3 is 1. The molecule has 0 unspecified atom stereocenters. The molecule has 0 saturated carbocycles. The van der Waals surface area contributed by atoms with Crippen molar-refractivity contribution < 1.29 is 4.74 Å². The van der Waals surface area contributed by atoms with Crippen molar-refractivity contribution in [1.29, 1.82) is 0 Å². The molecule has 4 heteroatoms. The quantitative estimate of drug-likeness (QED) is 0.673. The molecule has 0 saturated heterocycles. The van der Waals surface area contributed by atoms with Crippen LogP contribution in [0.3, 0.4) is 0 Å². The Balaban J connectivity index is 2.32.